The average Bonchev–Trinajstić information content (AvgIpc) is 2.93. The van der Waals surface area contributed by atoms with Crippen LogP contribution < -0.4 is 10.2 Å². The summed E-state index contributed by atoms with van der Waals surface area (Å²) in [4.78, 5) is 6.65. The number of aryl methyl sites for hydroxylation is 1. The largest absolute Gasteiger partial charge is 0.472 e. The molecule has 0 saturated heterocycles. The molecule has 0 spiro atoms. The van der Waals surface area contributed by atoms with Crippen LogP contribution in [-0.4, -0.2) is 18.6 Å². The first-order chi connectivity index (χ1) is 9.70. The molecule has 0 aliphatic heterocycles. The van der Waals surface area contributed by atoms with E-state index in [-0.39, 0.29) is 0 Å². The standard InChI is InChI=1S/C16H23N3O/c1-4-6-17-9-15-10-18-13(2)8-16(15)19(3)11-14-5-7-20-12-14/h5,7-8,10,12,17H,4,6,9,11H2,1-3H3. The first-order valence-corrected chi connectivity index (χ1v) is 7.09. The maximum absolute atomic E-state index is 5.13. The number of hydrogen-bond donors (Lipinski definition) is 1. The molecule has 0 aliphatic rings. The lowest BCUT2D eigenvalue weighted by Crippen LogP contribution is -2.21. The monoisotopic (exact) mass is 273 g/mol. The fourth-order valence-corrected chi connectivity index (χ4v) is 2.21. The highest BCUT2D eigenvalue weighted by atomic mass is 16.3. The Balaban J connectivity index is 2.13. The third-order valence-corrected chi connectivity index (χ3v) is 3.25. The molecule has 2 aromatic heterocycles. The quantitative estimate of drug-likeness (QED) is 0.787. The van der Waals surface area contributed by atoms with Crippen LogP contribution >= 0.6 is 0 Å². The lowest BCUT2D eigenvalue weighted by atomic mass is 10.1. The summed E-state index contributed by atoms with van der Waals surface area (Å²) in [5.41, 5.74) is 4.67. The van der Waals surface area contributed by atoms with Crippen molar-refractivity contribution in [1.82, 2.24) is 10.3 Å². The van der Waals surface area contributed by atoms with Crippen molar-refractivity contribution in [3.05, 3.63) is 47.7 Å². The third kappa shape index (κ3) is 3.84. The lowest BCUT2D eigenvalue weighted by Gasteiger charge is -2.22. The smallest absolute Gasteiger partial charge is 0.0952 e. The number of furan rings is 1. The second-order valence-electron chi connectivity index (χ2n) is 5.12. The minimum atomic E-state index is 0.834. The predicted molar refractivity (Wildman–Crippen MR) is 81.8 cm³/mol. The highest BCUT2D eigenvalue weighted by Gasteiger charge is 2.09. The summed E-state index contributed by atoms with van der Waals surface area (Å²) in [6, 6.07) is 4.14. The molecular weight excluding hydrogens is 250 g/mol. The van der Waals surface area contributed by atoms with Gasteiger partial charge in [-0.25, -0.2) is 0 Å². The van der Waals surface area contributed by atoms with Gasteiger partial charge >= 0.3 is 0 Å². The Hall–Kier alpha value is -1.81. The minimum Gasteiger partial charge on any atom is -0.472 e. The summed E-state index contributed by atoms with van der Waals surface area (Å²) in [6.45, 7) is 6.91. The van der Waals surface area contributed by atoms with Gasteiger partial charge < -0.3 is 14.6 Å². The fourth-order valence-electron chi connectivity index (χ4n) is 2.21. The molecule has 0 bridgehead atoms. The van der Waals surface area contributed by atoms with E-state index < -0.39 is 0 Å². The lowest BCUT2D eigenvalue weighted by molar-refractivity contribution is 0.563. The Kier molecular flexibility index (Phi) is 5.18. The molecule has 0 aliphatic carbocycles. The maximum atomic E-state index is 5.13. The van der Waals surface area contributed by atoms with Crippen molar-refractivity contribution in [2.75, 3.05) is 18.5 Å². The Bertz CT molecular complexity index is 523. The SMILES string of the molecule is CCCNCc1cnc(C)cc1N(C)Cc1ccoc1. The highest BCUT2D eigenvalue weighted by molar-refractivity contribution is 5.53. The van der Waals surface area contributed by atoms with E-state index in [0.29, 0.717) is 0 Å². The van der Waals surface area contributed by atoms with E-state index in [1.807, 2.05) is 19.2 Å². The Labute approximate surface area is 120 Å². The minimum absolute atomic E-state index is 0.834. The van der Waals surface area contributed by atoms with E-state index in [0.717, 1.165) is 31.7 Å². The summed E-state index contributed by atoms with van der Waals surface area (Å²) in [6.07, 6.45) is 6.61. The van der Waals surface area contributed by atoms with Gasteiger partial charge in [-0.1, -0.05) is 6.92 Å². The zero-order valence-corrected chi connectivity index (χ0v) is 12.5. The van der Waals surface area contributed by atoms with Gasteiger partial charge in [-0.15, -0.1) is 0 Å². The molecule has 0 saturated carbocycles. The van der Waals surface area contributed by atoms with Crippen LogP contribution in [0.3, 0.4) is 0 Å². The van der Waals surface area contributed by atoms with E-state index in [4.69, 9.17) is 4.42 Å². The molecule has 108 valence electrons. The molecule has 2 heterocycles. The number of nitrogens with one attached hydrogen (secondary N) is 1. The van der Waals surface area contributed by atoms with Crippen molar-refractivity contribution in [3.8, 4) is 0 Å². The van der Waals surface area contributed by atoms with Crippen molar-refractivity contribution in [3.63, 3.8) is 0 Å². The van der Waals surface area contributed by atoms with Gasteiger partial charge in [0, 0.05) is 48.8 Å². The molecule has 1 N–H and O–H groups in total. The summed E-state index contributed by atoms with van der Waals surface area (Å²) in [5.74, 6) is 0. The van der Waals surface area contributed by atoms with Crippen LogP contribution in [0.1, 0.15) is 30.2 Å². The van der Waals surface area contributed by atoms with Crippen LogP contribution in [0.4, 0.5) is 5.69 Å². The van der Waals surface area contributed by atoms with Crippen LogP contribution in [0, 0.1) is 6.92 Å². The third-order valence-electron chi connectivity index (χ3n) is 3.25. The van der Waals surface area contributed by atoms with Crippen molar-refractivity contribution in [1.29, 1.82) is 0 Å². The molecule has 0 amide bonds. The van der Waals surface area contributed by atoms with Crippen molar-refractivity contribution < 1.29 is 4.42 Å². The van der Waals surface area contributed by atoms with Gasteiger partial charge in [0.2, 0.25) is 0 Å². The molecule has 0 fully saturated rings. The van der Waals surface area contributed by atoms with Gasteiger partial charge in [0.25, 0.3) is 0 Å². The molecule has 2 rings (SSSR count). The average molecular weight is 273 g/mol. The molecule has 0 radical (unpaired) electrons. The van der Waals surface area contributed by atoms with E-state index in [1.54, 1.807) is 12.5 Å². The first-order valence-electron chi connectivity index (χ1n) is 7.09. The summed E-state index contributed by atoms with van der Waals surface area (Å²) >= 11 is 0. The second kappa shape index (κ2) is 7.10. The van der Waals surface area contributed by atoms with Gasteiger partial charge in [-0.2, -0.15) is 0 Å². The van der Waals surface area contributed by atoms with Crippen molar-refractivity contribution in [2.24, 2.45) is 0 Å². The van der Waals surface area contributed by atoms with E-state index in [9.17, 15) is 0 Å². The Morgan fingerprint density at radius 2 is 2.25 bits per heavy atom. The molecule has 0 atom stereocenters. The Morgan fingerprint density at radius 3 is 2.95 bits per heavy atom. The Morgan fingerprint density at radius 1 is 1.40 bits per heavy atom. The van der Waals surface area contributed by atoms with Gasteiger partial charge in [0.05, 0.1) is 12.5 Å². The normalized spacial score (nSPS) is 10.8. The molecule has 0 aromatic carbocycles. The van der Waals surface area contributed by atoms with Crippen molar-refractivity contribution in [2.45, 2.75) is 33.4 Å². The second-order valence-corrected chi connectivity index (χ2v) is 5.12. The van der Waals surface area contributed by atoms with Crippen LogP contribution in [0.5, 0.6) is 0 Å². The summed E-state index contributed by atoms with van der Waals surface area (Å²) in [5, 5.41) is 3.44. The molecule has 4 nitrogen and oxygen atoms in total. The van der Waals surface area contributed by atoms with Crippen LogP contribution in [0.25, 0.3) is 0 Å². The first kappa shape index (κ1) is 14.6. The number of anilines is 1. The van der Waals surface area contributed by atoms with E-state index >= 15 is 0 Å². The van der Waals surface area contributed by atoms with Crippen LogP contribution in [0.15, 0.2) is 35.3 Å². The number of hydrogen-bond acceptors (Lipinski definition) is 4. The van der Waals surface area contributed by atoms with Gasteiger partial charge in [-0.3, -0.25) is 4.98 Å². The van der Waals surface area contributed by atoms with Crippen LogP contribution in [0.2, 0.25) is 0 Å². The number of aromatic nitrogens is 1. The summed E-state index contributed by atoms with van der Waals surface area (Å²) < 4.78 is 5.13. The zero-order chi connectivity index (χ0) is 14.4. The zero-order valence-electron chi connectivity index (χ0n) is 12.5. The molecule has 4 heteroatoms. The van der Waals surface area contributed by atoms with Crippen molar-refractivity contribution >= 4 is 5.69 Å². The maximum Gasteiger partial charge on any atom is 0.0952 e. The number of rotatable bonds is 7. The van der Waals surface area contributed by atoms with Gasteiger partial charge in [0.1, 0.15) is 0 Å². The number of pyridine rings is 1. The molecular formula is C16H23N3O. The molecule has 20 heavy (non-hydrogen) atoms. The molecule has 2 aromatic rings. The van der Waals surface area contributed by atoms with Gasteiger partial charge in [0.15, 0.2) is 0 Å². The highest BCUT2D eigenvalue weighted by Crippen LogP contribution is 2.21. The van der Waals surface area contributed by atoms with Crippen LogP contribution in [-0.2, 0) is 13.1 Å². The fraction of sp³-hybridized carbons (Fsp3) is 0.438. The topological polar surface area (TPSA) is 41.3 Å². The van der Waals surface area contributed by atoms with E-state index in [2.05, 4.69) is 35.2 Å². The van der Waals surface area contributed by atoms with E-state index in [1.165, 1.54) is 16.8 Å². The molecule has 0 unspecified atom stereocenters. The number of nitrogens with zero attached hydrogens (tertiary/aromatic N) is 2. The van der Waals surface area contributed by atoms with Gasteiger partial charge in [-0.05, 0) is 32.0 Å². The summed E-state index contributed by atoms with van der Waals surface area (Å²) in [7, 11) is 2.10. The predicted octanol–water partition coefficient (Wildman–Crippen LogP) is 3.12.